The second kappa shape index (κ2) is 9.15. The highest BCUT2D eigenvalue weighted by molar-refractivity contribution is 6.05. The number of anilines is 1. The predicted octanol–water partition coefficient (Wildman–Crippen LogP) is 4.59. The number of carbonyl (C=O) groups excluding carboxylic acids is 2. The second-order valence-corrected chi connectivity index (χ2v) is 7.60. The number of aryl methyl sites for hydroxylation is 4. The van der Waals surface area contributed by atoms with E-state index in [9.17, 15) is 9.59 Å². The van der Waals surface area contributed by atoms with Crippen molar-refractivity contribution in [1.29, 1.82) is 0 Å². The molecule has 0 aliphatic carbocycles. The Morgan fingerprint density at radius 3 is 2.52 bits per heavy atom. The Balaban J connectivity index is 1.45. The molecule has 1 aromatic carbocycles. The first-order chi connectivity index (χ1) is 15.8. The van der Waals surface area contributed by atoms with E-state index in [4.69, 9.17) is 13.4 Å². The van der Waals surface area contributed by atoms with Crippen LogP contribution >= 0.6 is 0 Å². The fourth-order valence-corrected chi connectivity index (χ4v) is 3.34. The summed E-state index contributed by atoms with van der Waals surface area (Å²) in [6.45, 7) is 7.42. The average molecular weight is 448 g/mol. The van der Waals surface area contributed by atoms with Gasteiger partial charge in [-0.1, -0.05) is 18.1 Å². The molecule has 0 bridgehead atoms. The maximum atomic E-state index is 12.6. The summed E-state index contributed by atoms with van der Waals surface area (Å²) < 4.78 is 16.3. The smallest absolute Gasteiger partial charge is 0.273 e. The van der Waals surface area contributed by atoms with E-state index in [0.29, 0.717) is 57.9 Å². The molecule has 0 radical (unpaired) electrons. The molecule has 3 heterocycles. The van der Waals surface area contributed by atoms with E-state index in [1.165, 1.54) is 0 Å². The fraction of sp³-hybridized carbons (Fsp3) is 0.250. The van der Waals surface area contributed by atoms with Crippen LogP contribution < -0.4 is 10.6 Å². The Morgan fingerprint density at radius 1 is 1.00 bits per heavy atom. The van der Waals surface area contributed by atoms with Crippen LogP contribution in [0.15, 0.2) is 49.8 Å². The Hall–Kier alpha value is -4.14. The topological polar surface area (TPSA) is 123 Å². The fourth-order valence-electron chi connectivity index (χ4n) is 3.34. The van der Waals surface area contributed by atoms with Gasteiger partial charge in [0.05, 0.1) is 12.1 Å². The summed E-state index contributed by atoms with van der Waals surface area (Å²) in [4.78, 5) is 29.4. The zero-order chi connectivity index (χ0) is 23.5. The van der Waals surface area contributed by atoms with Crippen LogP contribution in [0.1, 0.15) is 56.5 Å². The number of benzene rings is 1. The lowest BCUT2D eigenvalue weighted by molar-refractivity contribution is 0.0940. The molecule has 2 N–H and O–H groups in total. The number of rotatable bonds is 7. The van der Waals surface area contributed by atoms with E-state index >= 15 is 0 Å². The van der Waals surface area contributed by atoms with Crippen LogP contribution in [-0.4, -0.2) is 22.0 Å². The molecule has 0 fully saturated rings. The number of nitrogens with one attached hydrogen (secondary N) is 2. The Bertz CT molecular complexity index is 1310. The Morgan fingerprint density at radius 2 is 1.82 bits per heavy atom. The van der Waals surface area contributed by atoms with Gasteiger partial charge in [-0.25, -0.2) is 4.98 Å². The molecular weight excluding hydrogens is 424 g/mol. The number of furan rings is 1. The van der Waals surface area contributed by atoms with Gasteiger partial charge in [-0.3, -0.25) is 9.59 Å². The minimum Gasteiger partial charge on any atom is -0.466 e. The van der Waals surface area contributed by atoms with Crippen molar-refractivity contribution in [1.82, 2.24) is 15.5 Å². The van der Waals surface area contributed by atoms with Gasteiger partial charge in [-0.15, -0.1) is 0 Å². The first-order valence-corrected chi connectivity index (χ1v) is 10.5. The minimum atomic E-state index is -0.350. The van der Waals surface area contributed by atoms with Gasteiger partial charge in [-0.2, -0.15) is 0 Å². The Kier molecular flexibility index (Phi) is 6.12. The number of amides is 2. The van der Waals surface area contributed by atoms with Crippen LogP contribution in [0.4, 0.5) is 5.69 Å². The van der Waals surface area contributed by atoms with Crippen molar-refractivity contribution >= 4 is 17.5 Å². The van der Waals surface area contributed by atoms with Gasteiger partial charge < -0.3 is 24.0 Å². The van der Waals surface area contributed by atoms with Gasteiger partial charge in [0.15, 0.2) is 5.69 Å². The largest absolute Gasteiger partial charge is 0.466 e. The van der Waals surface area contributed by atoms with Crippen molar-refractivity contribution in [3.05, 3.63) is 76.4 Å². The summed E-state index contributed by atoms with van der Waals surface area (Å²) in [6.07, 6.45) is 0.660. The second-order valence-electron chi connectivity index (χ2n) is 7.60. The highest BCUT2D eigenvalue weighted by atomic mass is 16.5. The van der Waals surface area contributed by atoms with Crippen molar-refractivity contribution in [2.24, 2.45) is 0 Å². The molecule has 4 rings (SSSR count). The number of oxazole rings is 1. The summed E-state index contributed by atoms with van der Waals surface area (Å²) in [7, 11) is 0. The summed E-state index contributed by atoms with van der Waals surface area (Å²) in [5.74, 6) is 2.24. The predicted molar refractivity (Wildman–Crippen MR) is 120 cm³/mol. The SMILES string of the molecule is CCc1cc(C(=O)NCc2nc(-c3cccc(NC(=O)c4cc(C)oc4C)c3)oc2C)no1. The van der Waals surface area contributed by atoms with Gasteiger partial charge in [0.2, 0.25) is 5.89 Å². The maximum absolute atomic E-state index is 12.6. The molecule has 33 heavy (non-hydrogen) atoms. The Labute approximate surface area is 190 Å². The molecule has 0 saturated carbocycles. The molecule has 0 spiro atoms. The average Bonchev–Trinajstić information content (AvgIpc) is 3.50. The standard InChI is InChI=1S/C24H24N4O5/c1-5-18-11-20(28-33-18)23(30)25-12-21-15(4)32-24(27-21)16-7-6-8-17(10-16)26-22(29)19-9-13(2)31-14(19)3/h6-11H,5,12H2,1-4H3,(H,25,30)(H,26,29). The van der Waals surface area contributed by atoms with Crippen LogP contribution in [0.3, 0.4) is 0 Å². The third-order valence-corrected chi connectivity index (χ3v) is 5.10. The lowest BCUT2D eigenvalue weighted by Gasteiger charge is -2.05. The summed E-state index contributed by atoms with van der Waals surface area (Å²) in [5.41, 5.74) is 2.59. The molecule has 2 amide bonds. The molecular formula is C24H24N4O5. The van der Waals surface area contributed by atoms with Crippen molar-refractivity contribution < 1.29 is 22.9 Å². The molecule has 170 valence electrons. The monoisotopic (exact) mass is 448 g/mol. The lowest BCUT2D eigenvalue weighted by atomic mass is 10.2. The van der Waals surface area contributed by atoms with Crippen molar-refractivity contribution in [3.63, 3.8) is 0 Å². The van der Waals surface area contributed by atoms with Gasteiger partial charge >= 0.3 is 0 Å². The third kappa shape index (κ3) is 4.87. The normalized spacial score (nSPS) is 10.9. The van der Waals surface area contributed by atoms with E-state index in [0.717, 1.165) is 0 Å². The maximum Gasteiger partial charge on any atom is 0.273 e. The first kappa shape index (κ1) is 22.1. The van der Waals surface area contributed by atoms with Crippen molar-refractivity contribution in [2.75, 3.05) is 5.32 Å². The summed E-state index contributed by atoms with van der Waals surface area (Å²) in [6, 6.07) is 10.5. The molecule has 0 aliphatic heterocycles. The molecule has 0 atom stereocenters. The summed E-state index contributed by atoms with van der Waals surface area (Å²) in [5, 5.41) is 9.40. The van der Waals surface area contributed by atoms with E-state index in [1.54, 1.807) is 51.1 Å². The van der Waals surface area contributed by atoms with E-state index in [2.05, 4.69) is 20.8 Å². The van der Waals surface area contributed by atoms with Crippen molar-refractivity contribution in [3.8, 4) is 11.5 Å². The van der Waals surface area contributed by atoms with Gasteiger partial charge in [0, 0.05) is 23.7 Å². The van der Waals surface area contributed by atoms with Gasteiger partial charge in [0.25, 0.3) is 11.8 Å². The van der Waals surface area contributed by atoms with Crippen LogP contribution in [0.25, 0.3) is 11.5 Å². The van der Waals surface area contributed by atoms with E-state index in [-0.39, 0.29) is 24.1 Å². The van der Waals surface area contributed by atoms with Crippen molar-refractivity contribution in [2.45, 2.75) is 40.7 Å². The first-order valence-electron chi connectivity index (χ1n) is 10.5. The molecule has 3 aromatic heterocycles. The zero-order valence-electron chi connectivity index (χ0n) is 18.8. The van der Waals surface area contributed by atoms with Crippen LogP contribution in [0.5, 0.6) is 0 Å². The van der Waals surface area contributed by atoms with Crippen LogP contribution in [0, 0.1) is 20.8 Å². The third-order valence-electron chi connectivity index (χ3n) is 5.10. The molecule has 9 heteroatoms. The highest BCUT2D eigenvalue weighted by Gasteiger charge is 2.17. The molecule has 0 unspecified atom stereocenters. The zero-order valence-corrected chi connectivity index (χ0v) is 18.8. The van der Waals surface area contributed by atoms with Crippen LogP contribution in [0.2, 0.25) is 0 Å². The van der Waals surface area contributed by atoms with E-state index < -0.39 is 0 Å². The number of hydrogen-bond acceptors (Lipinski definition) is 7. The lowest BCUT2D eigenvalue weighted by Crippen LogP contribution is -2.23. The summed E-state index contributed by atoms with van der Waals surface area (Å²) >= 11 is 0. The quantitative estimate of drug-likeness (QED) is 0.424. The molecule has 0 saturated heterocycles. The van der Waals surface area contributed by atoms with Gasteiger partial charge in [-0.05, 0) is 45.0 Å². The highest BCUT2D eigenvalue weighted by Crippen LogP contribution is 2.25. The van der Waals surface area contributed by atoms with Crippen LogP contribution in [-0.2, 0) is 13.0 Å². The van der Waals surface area contributed by atoms with E-state index in [1.807, 2.05) is 13.0 Å². The molecule has 9 nitrogen and oxygen atoms in total. The van der Waals surface area contributed by atoms with Gasteiger partial charge in [0.1, 0.15) is 28.7 Å². The number of carbonyl (C=O) groups is 2. The molecule has 4 aromatic rings. The molecule has 0 aliphatic rings. The number of nitrogens with zero attached hydrogens (tertiary/aromatic N) is 2. The number of aromatic nitrogens is 2. The number of hydrogen-bond donors (Lipinski definition) is 2. The minimum absolute atomic E-state index is 0.179.